The molecule has 0 aliphatic heterocycles. The monoisotopic (exact) mass is 211 g/mol. The molecule has 0 aromatic rings. The Kier molecular flexibility index (Phi) is 611. The zero-order valence-electron chi connectivity index (χ0n) is 3.96. The van der Waals surface area contributed by atoms with Crippen LogP contribution >= 0.6 is 0 Å². The van der Waals surface area contributed by atoms with Crippen LogP contribution in [0.3, 0.4) is 0 Å². The molecule has 5 heteroatoms. The van der Waals surface area contributed by atoms with Crippen molar-refractivity contribution in [2.45, 2.75) is 0 Å². The van der Waals surface area contributed by atoms with Gasteiger partial charge in [0, 0.05) is 70.9 Å². The van der Waals surface area contributed by atoms with E-state index in [-0.39, 0.29) is 87.9 Å². The predicted molar refractivity (Wildman–Crippen MR) is 15.7 cm³/mol. The van der Waals surface area contributed by atoms with E-state index in [0.29, 0.717) is 0 Å². The van der Waals surface area contributed by atoms with Gasteiger partial charge in [0.25, 0.3) is 0 Å². The third kappa shape index (κ3) is 83.2. The van der Waals surface area contributed by atoms with Gasteiger partial charge in [-0.05, 0) is 0 Å². The van der Waals surface area contributed by atoms with Crippen molar-refractivity contribution in [3.8, 4) is 0 Å². The van der Waals surface area contributed by atoms with Crippen LogP contribution in [0.5, 0.6) is 0 Å². The van der Waals surface area contributed by atoms with Crippen molar-refractivity contribution < 1.29 is 36.5 Å². The van der Waals surface area contributed by atoms with Gasteiger partial charge >= 0.3 is 17.1 Å². The summed E-state index contributed by atoms with van der Waals surface area (Å²) < 4.78 is 0. The molecule has 0 aromatic heterocycles. The molecular weight excluding hydrogens is 212 g/mol. The van der Waals surface area contributed by atoms with Gasteiger partial charge in [-0.1, -0.05) is 0 Å². The maximum atomic E-state index is 6.25. The van der Waals surface area contributed by atoms with Gasteiger partial charge in [0.05, 0.1) is 0 Å². The molecule has 0 atom stereocenters. The average Bonchev–Trinajstić information content (AvgIpc) is 1.50. The summed E-state index contributed by atoms with van der Waals surface area (Å²) in [5, 5.41) is 12.5. The van der Waals surface area contributed by atoms with Gasteiger partial charge < -0.3 is 23.7 Å². The van der Waals surface area contributed by atoms with Crippen LogP contribution in [-0.2, 0) is 36.5 Å². The van der Waals surface area contributed by atoms with E-state index in [1.165, 1.54) is 0 Å². The summed E-state index contributed by atoms with van der Waals surface area (Å²) >= 11 is 0. The van der Waals surface area contributed by atoms with Gasteiger partial charge in [-0.3, -0.25) is 0 Å². The van der Waals surface area contributed by atoms with Crippen molar-refractivity contribution in [1.29, 1.82) is 10.5 Å². The zero-order chi connectivity index (χ0) is 4.00. The van der Waals surface area contributed by atoms with Crippen LogP contribution in [0.15, 0.2) is 0 Å². The molecule has 0 unspecified atom stereocenters. The third-order valence-corrected chi connectivity index (χ3v) is 0. The quantitative estimate of drug-likeness (QED) is 0.413. The van der Waals surface area contributed by atoms with Gasteiger partial charge in [-0.25, -0.2) is 0 Å². The second kappa shape index (κ2) is 115. The van der Waals surface area contributed by atoms with Crippen LogP contribution in [0.2, 0.25) is 0 Å². The van der Waals surface area contributed by atoms with Crippen molar-refractivity contribution >= 4 is 51.4 Å². The summed E-state index contributed by atoms with van der Waals surface area (Å²) in [5.41, 5.74) is 0. The standard InChI is InChI=1S/2CN.Fe.K.Zn/c2*1-2;;;/q2*-1;+2;;. The van der Waals surface area contributed by atoms with Crippen molar-refractivity contribution in [3.63, 3.8) is 0 Å². The number of hydrogen-bond donors (Lipinski definition) is 0. The van der Waals surface area contributed by atoms with Crippen molar-refractivity contribution in [1.82, 2.24) is 0 Å². The summed E-state index contributed by atoms with van der Waals surface area (Å²) in [6.07, 6.45) is 0. The molecule has 0 spiro atoms. The average molecular weight is 212 g/mol. The van der Waals surface area contributed by atoms with E-state index in [0.717, 1.165) is 0 Å². The predicted octanol–water partition coefficient (Wildman–Crippen LogP) is -0.193. The smallest absolute Gasteiger partial charge is 0.512 e. The Labute approximate surface area is 109 Å². The van der Waals surface area contributed by atoms with Crippen molar-refractivity contribution in [3.05, 3.63) is 13.1 Å². The van der Waals surface area contributed by atoms with E-state index in [4.69, 9.17) is 23.7 Å². The maximum Gasteiger partial charge on any atom is 2.00 e. The van der Waals surface area contributed by atoms with Crippen LogP contribution in [-0.4, -0.2) is 51.4 Å². The van der Waals surface area contributed by atoms with Crippen LogP contribution in [0.25, 0.3) is 0 Å². The first-order valence-corrected chi connectivity index (χ1v) is 0.447. The SMILES string of the molecule is [C-]#N.[C-]#N.[Fe+2].[K].[Zn]. The minimum absolute atomic E-state index is 0. The van der Waals surface area contributed by atoms with E-state index >= 15 is 0 Å². The Morgan fingerprint density at radius 3 is 0.857 bits per heavy atom. The first-order chi connectivity index (χ1) is 2.00. The van der Waals surface area contributed by atoms with Gasteiger partial charge in [0.2, 0.25) is 0 Å². The number of hydrogen-bond acceptors (Lipinski definition) is 2. The van der Waals surface area contributed by atoms with E-state index in [1.807, 2.05) is 0 Å². The fraction of sp³-hybridized carbons (Fsp3) is 0. The molecule has 1 radical (unpaired) electrons. The second-order valence-electron chi connectivity index (χ2n) is 0. The topological polar surface area (TPSA) is 47.6 Å². The first-order valence-electron chi connectivity index (χ1n) is 0.447. The summed E-state index contributed by atoms with van der Waals surface area (Å²) in [5.74, 6) is 0. The molecule has 0 aliphatic carbocycles. The molecule has 0 heterocycles. The molecule has 0 N–H and O–H groups in total. The Morgan fingerprint density at radius 2 is 0.857 bits per heavy atom. The minimum atomic E-state index is 0. The zero-order valence-corrected chi connectivity index (χ0v) is 11.1. The summed E-state index contributed by atoms with van der Waals surface area (Å²) in [7, 11) is 0. The van der Waals surface area contributed by atoms with E-state index in [2.05, 4.69) is 0 Å². The molecule has 2 nitrogen and oxygen atoms in total. The minimum Gasteiger partial charge on any atom is -0.512 e. The maximum absolute atomic E-state index is 6.25. The molecule has 0 rings (SSSR count). The number of rotatable bonds is 0. The molecule has 0 bridgehead atoms. The van der Waals surface area contributed by atoms with Gasteiger partial charge in [0.1, 0.15) is 0 Å². The summed E-state index contributed by atoms with van der Waals surface area (Å²) in [4.78, 5) is 0. The Bertz CT molecular complexity index is 31.2. The molecule has 0 aliphatic rings. The van der Waals surface area contributed by atoms with Crippen molar-refractivity contribution in [2.75, 3.05) is 0 Å². The van der Waals surface area contributed by atoms with E-state index in [1.54, 1.807) is 0 Å². The summed E-state index contributed by atoms with van der Waals surface area (Å²) in [6.45, 7) is 9.50. The molecule has 0 amide bonds. The van der Waals surface area contributed by atoms with Gasteiger partial charge in [-0.2, -0.15) is 0 Å². The molecule has 0 fully saturated rings. The molecule has 0 saturated carbocycles. The van der Waals surface area contributed by atoms with Crippen LogP contribution in [0.1, 0.15) is 0 Å². The summed E-state index contributed by atoms with van der Waals surface area (Å²) in [6, 6.07) is 0. The second-order valence-corrected chi connectivity index (χ2v) is 0. The third-order valence-electron chi connectivity index (χ3n) is 0. The fourth-order valence-electron chi connectivity index (χ4n) is 0. The van der Waals surface area contributed by atoms with Gasteiger partial charge in [0.15, 0.2) is 0 Å². The molecular formula is C2FeKN2Zn. The molecule has 0 aromatic carbocycles. The van der Waals surface area contributed by atoms with Crippen molar-refractivity contribution in [2.24, 2.45) is 0 Å². The number of nitrogens with zero attached hydrogens (tertiary/aromatic N) is 2. The fourth-order valence-corrected chi connectivity index (χ4v) is 0. The molecule has 7 heavy (non-hydrogen) atoms. The Morgan fingerprint density at radius 1 is 0.857 bits per heavy atom. The molecule has 29 valence electrons. The van der Waals surface area contributed by atoms with Crippen LogP contribution in [0.4, 0.5) is 0 Å². The van der Waals surface area contributed by atoms with E-state index < -0.39 is 0 Å². The first kappa shape index (κ1) is 37.3. The largest absolute Gasteiger partial charge is 2.00 e. The van der Waals surface area contributed by atoms with Gasteiger partial charge in [-0.15, -0.1) is 0 Å². The van der Waals surface area contributed by atoms with E-state index in [9.17, 15) is 0 Å². The Hall–Kier alpha value is 1.76. The molecule has 0 saturated heterocycles. The van der Waals surface area contributed by atoms with Crippen LogP contribution < -0.4 is 0 Å². The normalized spacial score (nSPS) is 0.571. The van der Waals surface area contributed by atoms with Crippen LogP contribution in [0, 0.1) is 23.7 Å². The Balaban J connectivity index is -0.00000000267.